The van der Waals surface area contributed by atoms with Gasteiger partial charge in [0, 0.05) is 39.1 Å². The smallest absolute Gasteiger partial charge is 0.320 e. The van der Waals surface area contributed by atoms with Crippen LogP contribution >= 0.6 is 11.3 Å². The maximum atomic E-state index is 11.6. The van der Waals surface area contributed by atoms with Gasteiger partial charge < -0.3 is 40.3 Å². The van der Waals surface area contributed by atoms with Gasteiger partial charge in [0.15, 0.2) is 22.8 Å². The predicted molar refractivity (Wildman–Crippen MR) is 153 cm³/mol. The average Bonchev–Trinajstić information content (AvgIpc) is 3.64. The van der Waals surface area contributed by atoms with Gasteiger partial charge >= 0.3 is 5.97 Å². The van der Waals surface area contributed by atoms with Gasteiger partial charge in [-0.05, 0) is 25.3 Å². The standard InChI is InChI=1S/C26H35N9O4S/c27-13-22(36)39-17-4-7-35(16-17)21-15-28-14-19(29-21)25(37)30-18-12-20-23(31-24(18)33-5-2-1-3-6-33)32-26(40-20)34-8-10-38-11-9-34/h12,14-15,17,25,30,37H,1-11,13,16,27H2/t17-,25?/m0/s1. The van der Waals surface area contributed by atoms with Gasteiger partial charge in [0.25, 0.3) is 0 Å². The molecule has 6 rings (SSSR count). The first-order valence-electron chi connectivity index (χ1n) is 13.9. The number of thiazole rings is 1. The minimum atomic E-state index is -1.10. The predicted octanol–water partition coefficient (Wildman–Crippen LogP) is 1.49. The Balaban J connectivity index is 1.23. The quantitative estimate of drug-likeness (QED) is 0.265. The third-order valence-electron chi connectivity index (χ3n) is 7.44. The van der Waals surface area contributed by atoms with Crippen LogP contribution in [-0.2, 0) is 14.3 Å². The van der Waals surface area contributed by atoms with Crippen LogP contribution in [-0.4, -0.2) is 96.1 Å². The minimum Gasteiger partial charge on any atom is -0.459 e. The fourth-order valence-electron chi connectivity index (χ4n) is 5.33. The van der Waals surface area contributed by atoms with Crippen LogP contribution in [0.3, 0.4) is 0 Å². The van der Waals surface area contributed by atoms with Crippen molar-refractivity contribution in [2.75, 3.05) is 79.0 Å². The Morgan fingerprint density at radius 3 is 2.73 bits per heavy atom. The summed E-state index contributed by atoms with van der Waals surface area (Å²) in [5.41, 5.74) is 7.22. The number of hydrogen-bond acceptors (Lipinski definition) is 14. The number of hydrogen-bond donors (Lipinski definition) is 3. The largest absolute Gasteiger partial charge is 0.459 e. The Morgan fingerprint density at radius 2 is 1.93 bits per heavy atom. The molecule has 3 fully saturated rings. The van der Waals surface area contributed by atoms with Crippen LogP contribution in [0.25, 0.3) is 10.3 Å². The molecule has 2 atom stereocenters. The van der Waals surface area contributed by atoms with E-state index in [4.69, 9.17) is 25.2 Å². The molecule has 0 saturated carbocycles. The summed E-state index contributed by atoms with van der Waals surface area (Å²) >= 11 is 1.60. The Kier molecular flexibility index (Phi) is 8.09. The Bertz CT molecular complexity index is 1330. The molecule has 0 radical (unpaired) electrons. The first-order valence-corrected chi connectivity index (χ1v) is 14.7. The van der Waals surface area contributed by atoms with E-state index in [0.29, 0.717) is 49.9 Å². The Hall–Kier alpha value is -3.33. The normalized spacial score (nSPS) is 20.6. The number of piperidine rings is 1. The number of anilines is 4. The van der Waals surface area contributed by atoms with Gasteiger partial charge in [0.05, 0.1) is 49.1 Å². The maximum absolute atomic E-state index is 11.6. The molecule has 40 heavy (non-hydrogen) atoms. The lowest BCUT2D eigenvalue weighted by molar-refractivity contribution is -0.146. The molecule has 3 aromatic heterocycles. The number of fused-ring (bicyclic) bond motifs is 1. The SMILES string of the molecule is NCC(=O)O[C@H]1CCN(c2cncc(C(O)Nc3cc4sc(N5CCOCC5)nc4nc3N3CCCCC3)n2)C1. The molecule has 3 saturated heterocycles. The fraction of sp³-hybridized carbons (Fsp3) is 0.577. The summed E-state index contributed by atoms with van der Waals surface area (Å²) in [5.74, 6) is 0.991. The summed E-state index contributed by atoms with van der Waals surface area (Å²) in [5, 5.41) is 15.4. The average molecular weight is 570 g/mol. The summed E-state index contributed by atoms with van der Waals surface area (Å²) in [6.07, 6.45) is 5.95. The Morgan fingerprint density at radius 1 is 1.10 bits per heavy atom. The number of nitrogens with zero attached hydrogens (tertiary/aromatic N) is 7. The second-order valence-corrected chi connectivity index (χ2v) is 11.2. The van der Waals surface area contributed by atoms with Crippen LogP contribution in [0.2, 0.25) is 0 Å². The van der Waals surface area contributed by atoms with Gasteiger partial charge in [0.2, 0.25) is 0 Å². The van der Waals surface area contributed by atoms with Crippen molar-refractivity contribution in [3.05, 3.63) is 24.2 Å². The molecule has 0 bridgehead atoms. The van der Waals surface area contributed by atoms with Gasteiger partial charge in [0.1, 0.15) is 17.6 Å². The van der Waals surface area contributed by atoms with Gasteiger partial charge in [-0.2, -0.15) is 4.98 Å². The van der Waals surface area contributed by atoms with Crippen molar-refractivity contribution < 1.29 is 19.4 Å². The van der Waals surface area contributed by atoms with E-state index in [2.05, 4.69) is 25.1 Å². The second kappa shape index (κ2) is 12.0. The molecule has 214 valence electrons. The summed E-state index contributed by atoms with van der Waals surface area (Å²) < 4.78 is 11.8. The molecule has 3 aliphatic rings. The number of esters is 1. The molecule has 3 aromatic rings. The van der Waals surface area contributed by atoms with Crippen LogP contribution in [0.1, 0.15) is 37.6 Å². The summed E-state index contributed by atoms with van der Waals surface area (Å²) in [6.45, 7) is 5.85. The van der Waals surface area contributed by atoms with Crippen molar-refractivity contribution in [3.63, 3.8) is 0 Å². The monoisotopic (exact) mass is 569 g/mol. The van der Waals surface area contributed by atoms with Crippen molar-refractivity contribution in [3.8, 4) is 0 Å². The van der Waals surface area contributed by atoms with E-state index in [1.165, 1.54) is 6.42 Å². The number of aliphatic hydroxyl groups is 1. The van der Waals surface area contributed by atoms with Crippen LogP contribution in [0.15, 0.2) is 18.5 Å². The van der Waals surface area contributed by atoms with Crippen molar-refractivity contribution in [1.82, 2.24) is 19.9 Å². The van der Waals surface area contributed by atoms with Gasteiger partial charge in [-0.15, -0.1) is 0 Å². The van der Waals surface area contributed by atoms with Crippen LogP contribution in [0.5, 0.6) is 0 Å². The summed E-state index contributed by atoms with van der Waals surface area (Å²) in [6, 6.07) is 2.03. The van der Waals surface area contributed by atoms with E-state index in [1.54, 1.807) is 23.7 Å². The van der Waals surface area contributed by atoms with E-state index in [9.17, 15) is 9.90 Å². The highest BCUT2D eigenvalue weighted by Crippen LogP contribution is 2.36. The topological polar surface area (TPSA) is 155 Å². The molecule has 0 aliphatic carbocycles. The number of carbonyl (C=O) groups is 1. The van der Waals surface area contributed by atoms with E-state index in [0.717, 1.165) is 60.4 Å². The van der Waals surface area contributed by atoms with E-state index >= 15 is 0 Å². The maximum Gasteiger partial charge on any atom is 0.320 e. The lowest BCUT2D eigenvalue weighted by Gasteiger charge is -2.30. The first-order chi connectivity index (χ1) is 19.6. The number of nitrogens with two attached hydrogens (primary N) is 1. The number of aliphatic hydroxyl groups excluding tert-OH is 1. The molecule has 3 aliphatic heterocycles. The highest BCUT2D eigenvalue weighted by molar-refractivity contribution is 7.22. The lowest BCUT2D eigenvalue weighted by Crippen LogP contribution is -2.36. The molecule has 0 aromatic carbocycles. The summed E-state index contributed by atoms with van der Waals surface area (Å²) in [7, 11) is 0. The minimum absolute atomic E-state index is 0.139. The number of morpholine rings is 1. The highest BCUT2D eigenvalue weighted by Gasteiger charge is 2.28. The molecular weight excluding hydrogens is 534 g/mol. The number of pyridine rings is 1. The van der Waals surface area contributed by atoms with Gasteiger partial charge in [-0.25, -0.2) is 9.97 Å². The number of rotatable bonds is 8. The third kappa shape index (κ3) is 5.89. The number of nitrogens with one attached hydrogen (secondary N) is 1. The second-order valence-electron chi connectivity index (χ2n) is 10.2. The molecule has 4 N–H and O–H groups in total. The fourth-order valence-corrected chi connectivity index (χ4v) is 6.33. The van der Waals surface area contributed by atoms with E-state index in [-0.39, 0.29) is 12.6 Å². The Labute approximate surface area is 236 Å². The third-order valence-corrected chi connectivity index (χ3v) is 8.49. The highest BCUT2D eigenvalue weighted by atomic mass is 32.1. The van der Waals surface area contributed by atoms with Crippen LogP contribution in [0.4, 0.5) is 22.5 Å². The molecule has 14 heteroatoms. The lowest BCUT2D eigenvalue weighted by atomic mass is 10.1. The first kappa shape index (κ1) is 26.9. The van der Waals surface area contributed by atoms with Crippen LogP contribution in [0, 0.1) is 0 Å². The van der Waals surface area contributed by atoms with Crippen molar-refractivity contribution in [2.45, 2.75) is 38.0 Å². The van der Waals surface area contributed by atoms with Crippen molar-refractivity contribution >= 4 is 50.1 Å². The molecule has 0 amide bonds. The number of carbonyl (C=O) groups excluding carboxylic acids is 1. The zero-order chi connectivity index (χ0) is 27.5. The molecular formula is C26H35N9O4S. The van der Waals surface area contributed by atoms with Gasteiger partial charge in [-0.1, -0.05) is 11.3 Å². The van der Waals surface area contributed by atoms with Crippen LogP contribution < -0.4 is 25.8 Å². The van der Waals surface area contributed by atoms with E-state index < -0.39 is 12.2 Å². The van der Waals surface area contributed by atoms with Gasteiger partial charge in [-0.3, -0.25) is 9.78 Å². The van der Waals surface area contributed by atoms with E-state index in [1.807, 2.05) is 11.0 Å². The molecule has 0 spiro atoms. The van der Waals surface area contributed by atoms with Crippen molar-refractivity contribution in [1.29, 1.82) is 0 Å². The zero-order valence-corrected chi connectivity index (χ0v) is 23.2. The summed E-state index contributed by atoms with van der Waals surface area (Å²) in [4.78, 5) is 36.9. The van der Waals surface area contributed by atoms with Crippen molar-refractivity contribution in [2.24, 2.45) is 5.73 Å². The molecule has 13 nitrogen and oxygen atoms in total. The molecule has 1 unspecified atom stereocenters. The number of ether oxygens (including phenoxy) is 2. The zero-order valence-electron chi connectivity index (χ0n) is 22.4. The number of aromatic nitrogens is 4. The molecule has 6 heterocycles.